The molecule has 116 valence electrons. The largest absolute Gasteiger partial charge is 0.483 e. The molecular formula is C16H25N3O2. The summed E-state index contributed by atoms with van der Waals surface area (Å²) in [6, 6.07) is 0. The van der Waals surface area contributed by atoms with Gasteiger partial charge in [-0.1, -0.05) is 19.1 Å². The van der Waals surface area contributed by atoms with Gasteiger partial charge >= 0.3 is 0 Å². The van der Waals surface area contributed by atoms with E-state index in [2.05, 4.69) is 34.2 Å². The topological polar surface area (TPSA) is 69.2 Å². The first kappa shape index (κ1) is 15.8. The van der Waals surface area contributed by atoms with E-state index in [0.717, 1.165) is 25.3 Å². The summed E-state index contributed by atoms with van der Waals surface area (Å²) < 4.78 is 0. The highest BCUT2D eigenvalue weighted by atomic mass is 16.3. The number of allylic oxidation sites excluding steroid dienone is 2. The molecule has 0 spiro atoms. The van der Waals surface area contributed by atoms with Crippen LogP contribution in [0.15, 0.2) is 12.2 Å². The van der Waals surface area contributed by atoms with Crippen LogP contribution in [-0.4, -0.2) is 39.8 Å². The van der Waals surface area contributed by atoms with Crippen molar-refractivity contribution in [1.29, 1.82) is 0 Å². The van der Waals surface area contributed by atoms with E-state index in [1.54, 1.807) is 0 Å². The fourth-order valence-corrected chi connectivity index (χ4v) is 3.25. The lowest BCUT2D eigenvalue weighted by Crippen LogP contribution is -2.35. The monoisotopic (exact) mass is 291 g/mol. The molecule has 1 atom stereocenters. The molecule has 0 saturated heterocycles. The second-order valence-corrected chi connectivity index (χ2v) is 5.72. The van der Waals surface area contributed by atoms with Gasteiger partial charge in [-0.15, -0.1) is 0 Å². The Hall–Kier alpha value is -1.62. The van der Waals surface area contributed by atoms with E-state index in [9.17, 15) is 0 Å². The Balaban J connectivity index is 0.000000497. The van der Waals surface area contributed by atoms with Gasteiger partial charge in [-0.05, 0) is 31.6 Å². The number of aromatic amines is 1. The molecular weight excluding hydrogens is 266 g/mol. The molecule has 0 amide bonds. The third-order valence-corrected chi connectivity index (χ3v) is 4.33. The van der Waals surface area contributed by atoms with Crippen LogP contribution in [-0.2, 0) is 24.2 Å². The first-order valence-corrected chi connectivity index (χ1v) is 7.78. The number of aromatic nitrogens is 2. The Labute approximate surface area is 126 Å². The minimum atomic E-state index is -0.250. The smallest absolute Gasteiger partial charge is 0.290 e. The van der Waals surface area contributed by atoms with Crippen molar-refractivity contribution in [2.75, 3.05) is 13.1 Å². The lowest BCUT2D eigenvalue weighted by atomic mass is 9.93. The van der Waals surface area contributed by atoms with E-state index >= 15 is 0 Å². The first-order chi connectivity index (χ1) is 10.3. The van der Waals surface area contributed by atoms with Gasteiger partial charge < -0.3 is 5.11 Å². The highest BCUT2D eigenvalue weighted by Crippen LogP contribution is 2.24. The average molecular weight is 291 g/mol. The molecule has 0 fully saturated rings. The average Bonchev–Trinajstić information content (AvgIpc) is 2.91. The van der Waals surface area contributed by atoms with Crippen LogP contribution in [0.25, 0.3) is 0 Å². The van der Waals surface area contributed by atoms with Crippen molar-refractivity contribution in [2.24, 2.45) is 5.92 Å². The van der Waals surface area contributed by atoms with Gasteiger partial charge in [-0.3, -0.25) is 14.8 Å². The van der Waals surface area contributed by atoms with E-state index < -0.39 is 0 Å². The molecule has 0 saturated carbocycles. The van der Waals surface area contributed by atoms with Gasteiger partial charge in [0.15, 0.2) is 0 Å². The van der Waals surface area contributed by atoms with E-state index in [-0.39, 0.29) is 6.47 Å². The number of rotatable bonds is 3. The molecule has 3 rings (SSSR count). The van der Waals surface area contributed by atoms with Crippen molar-refractivity contribution < 1.29 is 9.90 Å². The van der Waals surface area contributed by atoms with Crippen LogP contribution in [0.2, 0.25) is 0 Å². The Bertz CT molecular complexity index is 468. The quantitative estimate of drug-likeness (QED) is 0.663. The van der Waals surface area contributed by atoms with Gasteiger partial charge in [0.1, 0.15) is 0 Å². The maximum atomic E-state index is 8.36. The zero-order valence-corrected chi connectivity index (χ0v) is 12.7. The summed E-state index contributed by atoms with van der Waals surface area (Å²) in [5.41, 5.74) is 4.14. The zero-order chi connectivity index (χ0) is 15.1. The Kier molecular flexibility index (Phi) is 5.99. The third kappa shape index (κ3) is 4.17. The standard InChI is InChI=1S/C15H23N3.CH2O2/c1-2-14-13-11-18(9-8-15(13)17-16-14)10-12-6-4-3-5-7-12;2-1-3/h3-4,12H,2,5-11H2,1H3,(H,16,17);1H,(H,2,3). The number of carboxylic acid groups (broad SMARTS) is 1. The van der Waals surface area contributed by atoms with E-state index in [1.807, 2.05) is 0 Å². The second kappa shape index (κ2) is 7.98. The molecule has 1 aromatic rings. The summed E-state index contributed by atoms with van der Waals surface area (Å²) in [6.45, 7) is 5.51. The molecule has 5 nitrogen and oxygen atoms in total. The highest BCUT2D eigenvalue weighted by Gasteiger charge is 2.23. The number of H-pyrrole nitrogens is 1. The molecule has 1 unspecified atom stereocenters. The van der Waals surface area contributed by atoms with Crippen molar-refractivity contribution in [3.63, 3.8) is 0 Å². The number of nitrogens with one attached hydrogen (secondary N) is 1. The summed E-state index contributed by atoms with van der Waals surface area (Å²) in [5, 5.41) is 14.5. The van der Waals surface area contributed by atoms with Crippen LogP contribution < -0.4 is 0 Å². The number of fused-ring (bicyclic) bond motifs is 1. The Morgan fingerprint density at radius 3 is 3.00 bits per heavy atom. The van der Waals surface area contributed by atoms with Crippen LogP contribution in [0.3, 0.4) is 0 Å². The lowest BCUT2D eigenvalue weighted by Gasteiger charge is -2.31. The maximum absolute atomic E-state index is 8.36. The Morgan fingerprint density at radius 2 is 2.33 bits per heavy atom. The van der Waals surface area contributed by atoms with E-state index in [1.165, 1.54) is 49.3 Å². The minimum absolute atomic E-state index is 0.250. The molecule has 2 aliphatic rings. The maximum Gasteiger partial charge on any atom is 0.290 e. The minimum Gasteiger partial charge on any atom is -0.483 e. The first-order valence-electron chi connectivity index (χ1n) is 7.78. The predicted octanol–water partition coefficient (Wildman–Crippen LogP) is 2.39. The van der Waals surface area contributed by atoms with E-state index in [4.69, 9.17) is 9.90 Å². The molecule has 1 aliphatic heterocycles. The molecule has 1 aliphatic carbocycles. The van der Waals surface area contributed by atoms with Crippen LogP contribution >= 0.6 is 0 Å². The molecule has 0 bridgehead atoms. The molecule has 0 aromatic carbocycles. The zero-order valence-electron chi connectivity index (χ0n) is 12.7. The van der Waals surface area contributed by atoms with Crippen LogP contribution in [0.4, 0.5) is 0 Å². The van der Waals surface area contributed by atoms with Gasteiger partial charge in [0.25, 0.3) is 6.47 Å². The summed E-state index contributed by atoms with van der Waals surface area (Å²) in [4.78, 5) is 11.0. The Morgan fingerprint density at radius 1 is 1.52 bits per heavy atom. The van der Waals surface area contributed by atoms with Crippen LogP contribution in [0, 0.1) is 5.92 Å². The molecule has 5 heteroatoms. The molecule has 2 heterocycles. The van der Waals surface area contributed by atoms with Gasteiger partial charge in [-0.25, -0.2) is 0 Å². The van der Waals surface area contributed by atoms with Crippen LogP contribution in [0.1, 0.15) is 43.1 Å². The lowest BCUT2D eigenvalue weighted by molar-refractivity contribution is -0.122. The van der Waals surface area contributed by atoms with Crippen molar-refractivity contribution in [3.8, 4) is 0 Å². The van der Waals surface area contributed by atoms with Gasteiger partial charge in [0.05, 0.1) is 5.69 Å². The van der Waals surface area contributed by atoms with Crippen LogP contribution in [0.5, 0.6) is 0 Å². The summed E-state index contributed by atoms with van der Waals surface area (Å²) in [6.07, 6.45) is 10.8. The number of carbonyl (C=O) groups is 1. The summed E-state index contributed by atoms with van der Waals surface area (Å²) >= 11 is 0. The fraction of sp³-hybridized carbons (Fsp3) is 0.625. The molecule has 0 radical (unpaired) electrons. The van der Waals surface area contributed by atoms with Crippen molar-refractivity contribution in [1.82, 2.24) is 15.1 Å². The van der Waals surface area contributed by atoms with Gasteiger partial charge in [0.2, 0.25) is 0 Å². The van der Waals surface area contributed by atoms with E-state index in [0.29, 0.717) is 0 Å². The summed E-state index contributed by atoms with van der Waals surface area (Å²) in [7, 11) is 0. The summed E-state index contributed by atoms with van der Waals surface area (Å²) in [5.74, 6) is 0.869. The molecule has 21 heavy (non-hydrogen) atoms. The predicted molar refractivity (Wildman–Crippen MR) is 82.1 cm³/mol. The fourth-order valence-electron chi connectivity index (χ4n) is 3.25. The molecule has 1 aromatic heterocycles. The number of hydrogen-bond donors (Lipinski definition) is 2. The van der Waals surface area contributed by atoms with Crippen molar-refractivity contribution >= 4 is 6.47 Å². The van der Waals surface area contributed by atoms with Crippen molar-refractivity contribution in [3.05, 3.63) is 29.1 Å². The van der Waals surface area contributed by atoms with Gasteiger partial charge in [0, 0.05) is 37.3 Å². The van der Waals surface area contributed by atoms with Crippen molar-refractivity contribution in [2.45, 2.75) is 45.6 Å². The third-order valence-electron chi connectivity index (χ3n) is 4.33. The normalized spacial score (nSPS) is 21.3. The number of hydrogen-bond acceptors (Lipinski definition) is 3. The molecule has 2 N–H and O–H groups in total. The highest BCUT2D eigenvalue weighted by molar-refractivity contribution is 5.32. The number of nitrogens with zero attached hydrogens (tertiary/aromatic N) is 2. The second-order valence-electron chi connectivity index (χ2n) is 5.72. The number of aryl methyl sites for hydroxylation is 1. The SMILES string of the molecule is CCc1n[nH]c2c1CN(CC1CC=CCC1)CC2.O=CO. The van der Waals surface area contributed by atoms with Gasteiger partial charge in [-0.2, -0.15) is 5.10 Å².